The third kappa shape index (κ3) is 6.20. The molecule has 21 heavy (non-hydrogen) atoms. The van der Waals surface area contributed by atoms with Crippen molar-refractivity contribution in [2.75, 3.05) is 34.6 Å². The van der Waals surface area contributed by atoms with Gasteiger partial charge in [0.15, 0.2) is 0 Å². The zero-order chi connectivity index (χ0) is 16.9. The van der Waals surface area contributed by atoms with Gasteiger partial charge in [-0.1, -0.05) is 0 Å². The average Bonchev–Trinajstić information content (AvgIpc) is 2.44. The molecule has 0 heterocycles. The second kappa shape index (κ2) is 8.31. The largest absolute Gasteiger partial charge is 0.348 e. The van der Waals surface area contributed by atoms with Crippen LogP contribution >= 0.6 is 15.2 Å². The maximum absolute atomic E-state index is 12.5. The lowest BCUT2D eigenvalue weighted by Gasteiger charge is -2.29. The van der Waals surface area contributed by atoms with Gasteiger partial charge in [-0.3, -0.25) is 9.13 Å². The summed E-state index contributed by atoms with van der Waals surface area (Å²) in [5, 5.41) is 0. The lowest BCUT2D eigenvalue weighted by molar-refractivity contribution is 0.255. The zero-order valence-electron chi connectivity index (χ0n) is 13.4. The Morgan fingerprint density at radius 1 is 1.00 bits per heavy atom. The van der Waals surface area contributed by atoms with Crippen LogP contribution in [0.25, 0.3) is 0 Å². The summed E-state index contributed by atoms with van der Waals surface area (Å²) in [5.74, 6) is -1.10. The molecule has 0 rings (SSSR count). The number of hydrogen-bond donors (Lipinski definition) is 1. The molecule has 0 aromatic rings. The quantitative estimate of drug-likeness (QED) is 0.626. The number of rotatable bonds is 9. The second-order valence-corrected chi connectivity index (χ2v) is 11.8. The summed E-state index contributed by atoms with van der Waals surface area (Å²) in [7, 11) is -3.92. The molecule has 0 radical (unpaired) electrons. The molecular formula is C10H25NO7P2S. The molecule has 0 aliphatic rings. The van der Waals surface area contributed by atoms with Crippen LogP contribution in [0, 0.1) is 0 Å². The van der Waals surface area contributed by atoms with Gasteiger partial charge in [0, 0.05) is 28.4 Å². The number of nitrogens with one attached hydrogen (secondary N) is 1. The Bertz CT molecular complexity index is 435. The molecule has 11 heteroatoms. The fourth-order valence-electron chi connectivity index (χ4n) is 1.27. The maximum Gasteiger partial charge on any atom is 0.348 e. The van der Waals surface area contributed by atoms with Crippen LogP contribution in [0.2, 0.25) is 0 Å². The Labute approximate surface area is 128 Å². The van der Waals surface area contributed by atoms with E-state index in [9.17, 15) is 13.3 Å². The van der Waals surface area contributed by atoms with E-state index in [0.717, 1.165) is 0 Å². The highest BCUT2D eigenvalue weighted by Gasteiger charge is 2.42. The van der Waals surface area contributed by atoms with Crippen molar-refractivity contribution in [1.29, 1.82) is 0 Å². The van der Waals surface area contributed by atoms with Gasteiger partial charge < -0.3 is 18.1 Å². The van der Waals surface area contributed by atoms with Crippen molar-refractivity contribution in [2.45, 2.75) is 31.3 Å². The molecule has 0 amide bonds. The van der Waals surface area contributed by atoms with Gasteiger partial charge in [-0.2, -0.15) is 0 Å². The van der Waals surface area contributed by atoms with Crippen LogP contribution in [-0.2, 0) is 38.2 Å². The third-order valence-electron chi connectivity index (χ3n) is 2.64. The lowest BCUT2D eigenvalue weighted by Crippen LogP contribution is -2.42. The molecule has 0 saturated carbocycles. The van der Waals surface area contributed by atoms with Gasteiger partial charge >= 0.3 is 15.2 Å². The molecule has 2 atom stereocenters. The van der Waals surface area contributed by atoms with Gasteiger partial charge in [-0.15, -0.1) is 0 Å². The van der Waals surface area contributed by atoms with Crippen LogP contribution in [-0.4, -0.2) is 49.3 Å². The molecule has 0 aliphatic carbocycles. The predicted octanol–water partition coefficient (Wildman–Crippen LogP) is 2.34. The zero-order valence-corrected chi connectivity index (χ0v) is 16.1. The third-order valence-corrected chi connectivity index (χ3v) is 8.73. The van der Waals surface area contributed by atoms with Crippen LogP contribution in [0.4, 0.5) is 0 Å². The Kier molecular flexibility index (Phi) is 8.48. The predicted molar refractivity (Wildman–Crippen MR) is 82.9 cm³/mol. The van der Waals surface area contributed by atoms with Crippen LogP contribution in [0.1, 0.15) is 20.8 Å². The van der Waals surface area contributed by atoms with E-state index in [1.165, 1.54) is 28.4 Å². The highest BCUT2D eigenvalue weighted by Crippen LogP contribution is 2.57. The fraction of sp³-hybridized carbons (Fsp3) is 1.00. The van der Waals surface area contributed by atoms with Gasteiger partial charge in [0.05, 0.1) is 21.9 Å². The molecule has 1 unspecified atom stereocenters. The van der Waals surface area contributed by atoms with Crippen molar-refractivity contribution < 1.29 is 31.4 Å². The summed E-state index contributed by atoms with van der Waals surface area (Å²) < 4.78 is 58.5. The highest BCUT2D eigenvalue weighted by molar-refractivity contribution is 7.84. The Morgan fingerprint density at radius 3 is 1.71 bits per heavy atom. The summed E-state index contributed by atoms with van der Waals surface area (Å²) in [5.41, 5.74) is 0. The van der Waals surface area contributed by atoms with Crippen LogP contribution in [0.15, 0.2) is 0 Å². The average molecular weight is 365 g/mol. The Hall–Kier alpha value is 0.410. The normalized spacial score (nSPS) is 16.7. The minimum Gasteiger partial charge on any atom is -0.312 e. The molecular weight excluding hydrogens is 340 g/mol. The van der Waals surface area contributed by atoms with Crippen LogP contribution in [0.3, 0.4) is 0 Å². The van der Waals surface area contributed by atoms with E-state index >= 15 is 0 Å². The van der Waals surface area contributed by atoms with Crippen molar-refractivity contribution in [2.24, 2.45) is 0 Å². The molecule has 0 aromatic heterocycles. The van der Waals surface area contributed by atoms with Gasteiger partial charge in [0.2, 0.25) is 0 Å². The molecule has 0 spiro atoms. The van der Waals surface area contributed by atoms with E-state index in [2.05, 4.69) is 4.72 Å². The van der Waals surface area contributed by atoms with Crippen molar-refractivity contribution in [1.82, 2.24) is 4.72 Å². The minimum absolute atomic E-state index is 0.305. The molecule has 1 N–H and O–H groups in total. The van der Waals surface area contributed by atoms with E-state index in [1.807, 2.05) is 0 Å². The van der Waals surface area contributed by atoms with Crippen molar-refractivity contribution >= 4 is 26.2 Å². The minimum atomic E-state index is -3.67. The van der Waals surface area contributed by atoms with Crippen LogP contribution < -0.4 is 4.72 Å². The van der Waals surface area contributed by atoms with Crippen molar-refractivity contribution in [3.8, 4) is 0 Å². The van der Waals surface area contributed by atoms with Crippen molar-refractivity contribution in [3.05, 3.63) is 0 Å². The van der Waals surface area contributed by atoms with E-state index in [0.29, 0.717) is 0 Å². The molecule has 0 aromatic carbocycles. The first kappa shape index (κ1) is 21.4. The first-order chi connectivity index (χ1) is 9.48. The van der Waals surface area contributed by atoms with E-state index in [-0.39, 0.29) is 6.16 Å². The standard InChI is InChI=1S/C10H25NO7P2S/c1-10(2,3)21(14)11-9(20(13,17-6)18-7)8-19(12,15-4)16-5/h9,11H,8H2,1-7H3/t9-,21?/m1/s1. The summed E-state index contributed by atoms with van der Waals surface area (Å²) in [6.45, 7) is 5.22. The maximum atomic E-state index is 12.5. The van der Waals surface area contributed by atoms with E-state index in [1.54, 1.807) is 20.8 Å². The van der Waals surface area contributed by atoms with Gasteiger partial charge in [0.1, 0.15) is 5.78 Å². The van der Waals surface area contributed by atoms with E-state index < -0.39 is 36.7 Å². The Morgan fingerprint density at radius 2 is 1.43 bits per heavy atom. The summed E-state index contributed by atoms with van der Waals surface area (Å²) in [6, 6.07) is 0. The van der Waals surface area contributed by atoms with Gasteiger partial charge in [0.25, 0.3) is 0 Å². The summed E-state index contributed by atoms with van der Waals surface area (Å²) in [4.78, 5) is 0. The van der Waals surface area contributed by atoms with Crippen molar-refractivity contribution in [3.63, 3.8) is 0 Å². The first-order valence-corrected chi connectivity index (χ1v) is 10.6. The molecule has 0 saturated heterocycles. The molecule has 0 bridgehead atoms. The number of hydrogen-bond acceptors (Lipinski definition) is 7. The van der Waals surface area contributed by atoms with Gasteiger partial charge in [-0.25, -0.2) is 8.93 Å². The Balaban J connectivity index is 5.45. The highest BCUT2D eigenvalue weighted by atomic mass is 32.2. The molecule has 0 aliphatic heterocycles. The molecule has 128 valence electrons. The van der Waals surface area contributed by atoms with E-state index in [4.69, 9.17) is 18.1 Å². The smallest absolute Gasteiger partial charge is 0.312 e. The molecule has 8 nitrogen and oxygen atoms in total. The lowest BCUT2D eigenvalue weighted by atomic mass is 10.3. The summed E-state index contributed by atoms with van der Waals surface area (Å²) in [6.07, 6.45) is -0.305. The van der Waals surface area contributed by atoms with Gasteiger partial charge in [-0.05, 0) is 20.8 Å². The SMILES string of the molecule is COP(=O)(C[C@H](NS(=O)C(C)(C)C)P(=O)(OC)OC)OC. The van der Waals surface area contributed by atoms with Crippen LogP contribution in [0.5, 0.6) is 0 Å². The summed E-state index contributed by atoms with van der Waals surface area (Å²) >= 11 is 0. The molecule has 0 fully saturated rings. The first-order valence-electron chi connectivity index (χ1n) is 6.07. The second-order valence-electron chi connectivity index (χ2n) is 5.08. The monoisotopic (exact) mass is 365 g/mol. The topological polar surface area (TPSA) is 100 Å². The fourth-order valence-corrected chi connectivity index (χ4v) is 5.90.